The van der Waals surface area contributed by atoms with E-state index in [2.05, 4.69) is 94.9 Å². The molecule has 0 saturated carbocycles. The molecule has 2 aromatic heterocycles. The molecule has 3 bridgehead atoms. The molecule has 7 rings (SSSR count). The van der Waals surface area contributed by atoms with Crippen LogP contribution < -0.4 is 0 Å². The molecule has 0 spiro atoms. The second-order valence-corrected chi connectivity index (χ2v) is 6.83. The third kappa shape index (κ3) is 1.81. The zero-order valence-corrected chi connectivity index (χ0v) is 14.1. The highest BCUT2D eigenvalue weighted by Crippen LogP contribution is 2.39. The Morgan fingerprint density at radius 2 is 1.12 bits per heavy atom. The highest BCUT2D eigenvalue weighted by molar-refractivity contribution is 6.15. The maximum absolute atomic E-state index is 3.44. The Labute approximate surface area is 150 Å². The van der Waals surface area contributed by atoms with E-state index in [4.69, 9.17) is 0 Å². The van der Waals surface area contributed by atoms with Crippen LogP contribution in [0.5, 0.6) is 0 Å². The molecule has 1 aliphatic heterocycles. The number of para-hydroxylation sites is 3. The monoisotopic (exact) mass is 332 g/mol. The van der Waals surface area contributed by atoms with E-state index in [9.17, 15) is 0 Å². The molecule has 122 valence electrons. The fourth-order valence-electron chi connectivity index (χ4n) is 4.14. The van der Waals surface area contributed by atoms with E-state index < -0.39 is 0 Å². The predicted octanol–water partition coefficient (Wildman–Crippen LogP) is 6.62. The topological polar surface area (TPSA) is 31.6 Å². The van der Waals surface area contributed by atoms with E-state index in [1.165, 1.54) is 54.7 Å². The summed E-state index contributed by atoms with van der Waals surface area (Å²) in [7, 11) is 0. The van der Waals surface area contributed by atoms with Crippen molar-refractivity contribution in [3.05, 3.63) is 84.9 Å². The quantitative estimate of drug-likeness (QED) is 0.313. The standard InChI is InChI=1S/C12H7N.C12H9N/c1-2-8-7-4-5-9-10(3-1)12(8)13-11(9)6-7;1-3-7-11-9(5-1)10-6-2-4-8-12(10)13-11/h1-6,13H;1-8,13H. The fourth-order valence-corrected chi connectivity index (χ4v) is 4.14. The summed E-state index contributed by atoms with van der Waals surface area (Å²) in [6, 6.07) is 29.9. The molecule has 2 heteroatoms. The van der Waals surface area contributed by atoms with Crippen molar-refractivity contribution in [2.45, 2.75) is 0 Å². The van der Waals surface area contributed by atoms with Crippen molar-refractivity contribution in [3.63, 3.8) is 0 Å². The summed E-state index contributed by atoms with van der Waals surface area (Å²) in [5.74, 6) is 0. The average Bonchev–Trinajstić information content (AvgIpc) is 3.23. The van der Waals surface area contributed by atoms with Crippen LogP contribution in [-0.4, -0.2) is 9.97 Å². The Bertz CT molecular complexity index is 1370. The minimum Gasteiger partial charge on any atom is -0.355 e. The lowest BCUT2D eigenvalue weighted by Crippen LogP contribution is -1.81. The normalized spacial score (nSPS) is 11.8. The van der Waals surface area contributed by atoms with Crippen LogP contribution in [0.25, 0.3) is 54.7 Å². The molecule has 1 aliphatic rings. The minimum atomic E-state index is 1.21. The van der Waals surface area contributed by atoms with Gasteiger partial charge in [-0.05, 0) is 23.8 Å². The number of aromatic nitrogens is 2. The number of hydrogen-bond acceptors (Lipinski definition) is 0. The lowest BCUT2D eigenvalue weighted by molar-refractivity contribution is 1.51. The van der Waals surface area contributed by atoms with Gasteiger partial charge in [0.25, 0.3) is 0 Å². The first kappa shape index (κ1) is 13.7. The fraction of sp³-hybridized carbons (Fsp3) is 0. The lowest BCUT2D eigenvalue weighted by atomic mass is 10.1. The molecule has 0 fully saturated rings. The Morgan fingerprint density at radius 1 is 0.462 bits per heavy atom. The number of pyridine rings is 1. The molecule has 3 heterocycles. The van der Waals surface area contributed by atoms with Gasteiger partial charge in [-0.1, -0.05) is 66.7 Å². The molecule has 26 heavy (non-hydrogen) atoms. The van der Waals surface area contributed by atoms with Crippen molar-refractivity contribution in [2.75, 3.05) is 0 Å². The molecule has 6 aromatic rings. The molecular weight excluding hydrogens is 316 g/mol. The van der Waals surface area contributed by atoms with Crippen LogP contribution in [0.4, 0.5) is 0 Å². The number of benzene rings is 4. The number of nitrogens with one attached hydrogen (secondary N) is 2. The van der Waals surface area contributed by atoms with Gasteiger partial charge >= 0.3 is 0 Å². The van der Waals surface area contributed by atoms with Gasteiger partial charge in [-0.25, -0.2) is 0 Å². The minimum absolute atomic E-state index is 1.21. The van der Waals surface area contributed by atoms with E-state index in [1.807, 2.05) is 0 Å². The van der Waals surface area contributed by atoms with Crippen molar-refractivity contribution < 1.29 is 0 Å². The summed E-state index contributed by atoms with van der Waals surface area (Å²) < 4.78 is 0. The van der Waals surface area contributed by atoms with Gasteiger partial charge in [-0.3, -0.25) is 0 Å². The maximum atomic E-state index is 3.44. The number of fused-ring (bicyclic) bond motifs is 6. The van der Waals surface area contributed by atoms with Crippen LogP contribution in [-0.2, 0) is 0 Å². The van der Waals surface area contributed by atoms with Gasteiger partial charge < -0.3 is 9.97 Å². The van der Waals surface area contributed by atoms with Crippen molar-refractivity contribution in [3.8, 4) is 11.1 Å². The predicted molar refractivity (Wildman–Crippen MR) is 111 cm³/mol. The van der Waals surface area contributed by atoms with Crippen LogP contribution in [0.1, 0.15) is 0 Å². The van der Waals surface area contributed by atoms with Gasteiger partial charge in [0.2, 0.25) is 0 Å². The first-order valence-corrected chi connectivity index (χ1v) is 8.89. The second-order valence-electron chi connectivity index (χ2n) is 6.83. The van der Waals surface area contributed by atoms with Crippen molar-refractivity contribution >= 4 is 43.6 Å². The number of rotatable bonds is 0. The van der Waals surface area contributed by atoms with E-state index >= 15 is 0 Å². The molecule has 0 aliphatic carbocycles. The highest BCUT2D eigenvalue weighted by Gasteiger charge is 2.14. The van der Waals surface area contributed by atoms with Crippen LogP contribution in [0, 0.1) is 0 Å². The molecule has 2 nitrogen and oxygen atoms in total. The SMILES string of the molecule is c1cc2c3[nH]c4cc-2ccc4c3c1.c1ccc2c(c1)[nH]c1ccccc12. The van der Waals surface area contributed by atoms with Crippen molar-refractivity contribution in [1.82, 2.24) is 9.97 Å². The summed E-state index contributed by atoms with van der Waals surface area (Å²) in [4.78, 5) is 6.81. The first-order valence-electron chi connectivity index (χ1n) is 8.89. The molecule has 0 amide bonds. The zero-order chi connectivity index (χ0) is 17.1. The van der Waals surface area contributed by atoms with Crippen molar-refractivity contribution in [1.29, 1.82) is 0 Å². The van der Waals surface area contributed by atoms with Crippen LogP contribution >= 0.6 is 0 Å². The molecule has 0 radical (unpaired) electrons. The van der Waals surface area contributed by atoms with Gasteiger partial charge in [0.15, 0.2) is 0 Å². The second kappa shape index (κ2) is 4.99. The van der Waals surface area contributed by atoms with Gasteiger partial charge in [-0.2, -0.15) is 0 Å². The van der Waals surface area contributed by atoms with E-state index in [1.54, 1.807) is 0 Å². The van der Waals surface area contributed by atoms with Gasteiger partial charge in [0.05, 0.1) is 5.52 Å². The third-order valence-electron chi connectivity index (χ3n) is 5.36. The number of hydrogen-bond donors (Lipinski definition) is 2. The maximum Gasteiger partial charge on any atom is 0.0544 e. The third-order valence-corrected chi connectivity index (χ3v) is 5.36. The summed E-state index contributed by atoms with van der Waals surface area (Å²) >= 11 is 0. The first-order chi connectivity index (χ1) is 12.9. The molecule has 4 aromatic carbocycles. The van der Waals surface area contributed by atoms with Gasteiger partial charge in [-0.15, -0.1) is 0 Å². The zero-order valence-electron chi connectivity index (χ0n) is 14.1. The number of aromatic amines is 2. The Kier molecular flexibility index (Phi) is 2.64. The largest absolute Gasteiger partial charge is 0.355 e. The number of H-pyrrole nitrogens is 2. The summed E-state index contributed by atoms with van der Waals surface area (Å²) in [5, 5.41) is 5.31. The molecule has 2 N–H and O–H groups in total. The van der Waals surface area contributed by atoms with Crippen LogP contribution in [0.15, 0.2) is 84.9 Å². The summed E-state index contributed by atoms with van der Waals surface area (Å²) in [6.45, 7) is 0. The Balaban J connectivity index is 0.000000106. The summed E-state index contributed by atoms with van der Waals surface area (Å²) in [5.41, 5.74) is 7.67. The van der Waals surface area contributed by atoms with Crippen LogP contribution in [0.3, 0.4) is 0 Å². The Morgan fingerprint density at radius 3 is 1.88 bits per heavy atom. The van der Waals surface area contributed by atoms with E-state index in [0.29, 0.717) is 0 Å². The van der Waals surface area contributed by atoms with E-state index in [0.717, 1.165) is 0 Å². The van der Waals surface area contributed by atoms with Crippen molar-refractivity contribution in [2.24, 2.45) is 0 Å². The highest BCUT2D eigenvalue weighted by atomic mass is 14.7. The summed E-state index contributed by atoms with van der Waals surface area (Å²) in [6.07, 6.45) is 0. The Hall–Kier alpha value is -3.52. The van der Waals surface area contributed by atoms with Crippen LogP contribution in [0.2, 0.25) is 0 Å². The smallest absolute Gasteiger partial charge is 0.0544 e. The van der Waals surface area contributed by atoms with Gasteiger partial charge in [0.1, 0.15) is 0 Å². The molecule has 0 unspecified atom stereocenters. The molecular formula is C24H16N2. The molecule has 0 atom stereocenters. The molecule has 0 saturated heterocycles. The average molecular weight is 332 g/mol. The van der Waals surface area contributed by atoms with Gasteiger partial charge in [0, 0.05) is 43.7 Å². The van der Waals surface area contributed by atoms with E-state index in [-0.39, 0.29) is 0 Å². The lowest BCUT2D eigenvalue weighted by Gasteiger charge is -2.04.